The molecule has 0 aliphatic carbocycles. The lowest BCUT2D eigenvalue weighted by Gasteiger charge is -2.08. The van der Waals surface area contributed by atoms with Gasteiger partial charge < -0.3 is 4.42 Å². The minimum Gasteiger partial charge on any atom is -0.456 e. The zero-order chi connectivity index (χ0) is 20.9. The molecule has 0 aliphatic heterocycles. The Morgan fingerprint density at radius 1 is 0.774 bits per heavy atom. The monoisotopic (exact) mass is 405 g/mol. The molecule has 0 atom stereocenters. The third-order valence-electron chi connectivity index (χ3n) is 6.65. The van der Waals surface area contributed by atoms with Gasteiger partial charge in [-0.2, -0.15) is 4.40 Å². The molecule has 0 saturated carbocycles. The fourth-order valence-corrected chi connectivity index (χ4v) is 5.34. The van der Waals surface area contributed by atoms with E-state index < -0.39 is 0 Å². The fraction of sp³-hybridized carbons (Fsp3) is 0.0741. The Morgan fingerprint density at radius 3 is 2.42 bits per heavy atom. The quantitative estimate of drug-likeness (QED) is 0.207. The molecule has 4 heteroatoms. The van der Waals surface area contributed by atoms with Crippen LogP contribution in [0, 0.1) is 12.7 Å². The van der Waals surface area contributed by atoms with Gasteiger partial charge in [0, 0.05) is 27.6 Å². The average Bonchev–Trinajstić information content (AvgIpc) is 3.29. The molecule has 4 aromatic carbocycles. The fourth-order valence-electron chi connectivity index (χ4n) is 5.34. The second-order valence-corrected chi connectivity index (χ2v) is 8.26. The van der Waals surface area contributed by atoms with E-state index in [1.54, 1.807) is 0 Å². The van der Waals surface area contributed by atoms with E-state index in [-0.39, 0.29) is 5.82 Å². The number of furan rings is 1. The van der Waals surface area contributed by atoms with Crippen molar-refractivity contribution in [3.63, 3.8) is 0 Å². The predicted molar refractivity (Wildman–Crippen MR) is 123 cm³/mol. The van der Waals surface area contributed by atoms with Crippen molar-refractivity contribution in [1.82, 2.24) is 4.40 Å². The molecule has 0 saturated heterocycles. The van der Waals surface area contributed by atoms with E-state index in [2.05, 4.69) is 77.5 Å². The summed E-state index contributed by atoms with van der Waals surface area (Å²) in [5.41, 5.74) is 7.17. The zero-order valence-corrected chi connectivity index (χ0v) is 17.1. The highest BCUT2D eigenvalue weighted by Gasteiger charge is 2.26. The second kappa shape index (κ2) is 5.61. The number of halogens is 1. The summed E-state index contributed by atoms with van der Waals surface area (Å²) in [6, 6.07) is 23.9. The minimum absolute atomic E-state index is 0.286. The molecule has 7 aromatic rings. The number of para-hydroxylation sites is 3. The summed E-state index contributed by atoms with van der Waals surface area (Å²) >= 11 is 0. The van der Waals surface area contributed by atoms with Gasteiger partial charge in [0.15, 0.2) is 11.0 Å². The van der Waals surface area contributed by atoms with Gasteiger partial charge in [-0.1, -0.05) is 30.3 Å². The number of aromatic nitrogens is 2. The standard InChI is InChI=1S/C27H18FN2O/c1-15-25-18-12-11-16(28)13-23(18)31-24(25)14-19-17-7-3-4-8-20(17)30-22-10-6-5-9-21(22)29(2)27(30)26(15)19/h3-14H,1-2H3/q+1. The molecule has 3 aromatic heterocycles. The van der Waals surface area contributed by atoms with Gasteiger partial charge >= 0.3 is 0 Å². The van der Waals surface area contributed by atoms with Gasteiger partial charge in [-0.25, -0.2) is 8.96 Å². The average molecular weight is 405 g/mol. The molecule has 31 heavy (non-hydrogen) atoms. The summed E-state index contributed by atoms with van der Waals surface area (Å²) in [4.78, 5) is 0. The first-order chi connectivity index (χ1) is 15.1. The van der Waals surface area contributed by atoms with Gasteiger partial charge in [0.25, 0.3) is 5.65 Å². The Morgan fingerprint density at radius 2 is 1.55 bits per heavy atom. The molecule has 0 unspecified atom stereocenters. The topological polar surface area (TPSA) is 21.4 Å². The van der Waals surface area contributed by atoms with Crippen LogP contribution in [0.1, 0.15) is 5.56 Å². The van der Waals surface area contributed by atoms with Crippen LogP contribution in [0.4, 0.5) is 4.39 Å². The molecule has 0 fully saturated rings. The van der Waals surface area contributed by atoms with Crippen molar-refractivity contribution in [3.05, 3.63) is 84.2 Å². The van der Waals surface area contributed by atoms with Crippen molar-refractivity contribution in [3.8, 4) is 0 Å². The summed E-state index contributed by atoms with van der Waals surface area (Å²) in [6.45, 7) is 2.15. The summed E-state index contributed by atoms with van der Waals surface area (Å²) in [5, 5.41) is 5.50. The smallest absolute Gasteiger partial charge is 0.295 e. The Bertz CT molecular complexity index is 1870. The third-order valence-corrected chi connectivity index (χ3v) is 6.65. The van der Waals surface area contributed by atoms with Gasteiger partial charge in [-0.05, 0) is 48.9 Å². The molecule has 148 valence electrons. The number of benzene rings is 4. The number of pyridine rings is 1. The number of rotatable bonds is 0. The molecule has 0 amide bonds. The lowest BCUT2D eigenvalue weighted by Crippen LogP contribution is -2.27. The number of fused-ring (bicyclic) bond motifs is 11. The van der Waals surface area contributed by atoms with Crippen molar-refractivity contribution in [2.24, 2.45) is 7.05 Å². The van der Waals surface area contributed by atoms with Crippen LogP contribution in [-0.2, 0) is 7.05 Å². The molecule has 0 spiro atoms. The third kappa shape index (κ3) is 1.99. The van der Waals surface area contributed by atoms with E-state index in [9.17, 15) is 4.39 Å². The van der Waals surface area contributed by atoms with E-state index in [1.807, 2.05) is 6.07 Å². The lowest BCUT2D eigenvalue weighted by atomic mass is 9.97. The maximum Gasteiger partial charge on any atom is 0.295 e. The normalized spacial score (nSPS) is 12.4. The van der Waals surface area contributed by atoms with Crippen molar-refractivity contribution in [2.45, 2.75) is 6.92 Å². The molecule has 3 heterocycles. The van der Waals surface area contributed by atoms with Crippen LogP contribution >= 0.6 is 0 Å². The summed E-state index contributed by atoms with van der Waals surface area (Å²) in [7, 11) is 2.12. The number of hydrogen-bond donors (Lipinski definition) is 0. The summed E-state index contributed by atoms with van der Waals surface area (Å²) in [6.07, 6.45) is 0. The molecule has 7 rings (SSSR count). The Balaban J connectivity index is 1.87. The number of aryl methyl sites for hydroxylation is 2. The van der Waals surface area contributed by atoms with Crippen molar-refractivity contribution >= 4 is 60.3 Å². The van der Waals surface area contributed by atoms with Crippen LogP contribution in [0.5, 0.6) is 0 Å². The summed E-state index contributed by atoms with van der Waals surface area (Å²) in [5.74, 6) is -0.286. The predicted octanol–water partition coefficient (Wildman–Crippen LogP) is 6.57. The van der Waals surface area contributed by atoms with Crippen molar-refractivity contribution in [2.75, 3.05) is 0 Å². The van der Waals surface area contributed by atoms with Crippen LogP contribution in [-0.4, -0.2) is 4.40 Å². The molecule has 0 aliphatic rings. The van der Waals surface area contributed by atoms with Crippen LogP contribution in [0.25, 0.3) is 60.3 Å². The molecular formula is C27H18FN2O+. The summed E-state index contributed by atoms with van der Waals surface area (Å²) < 4.78 is 24.6. The first-order valence-electron chi connectivity index (χ1n) is 10.4. The molecule has 3 nitrogen and oxygen atoms in total. The molecule has 0 N–H and O–H groups in total. The largest absolute Gasteiger partial charge is 0.456 e. The zero-order valence-electron chi connectivity index (χ0n) is 17.1. The number of nitrogens with zero attached hydrogens (tertiary/aromatic N) is 2. The Labute approximate surface area is 176 Å². The van der Waals surface area contributed by atoms with E-state index in [0.29, 0.717) is 5.58 Å². The van der Waals surface area contributed by atoms with E-state index in [4.69, 9.17) is 4.42 Å². The highest BCUT2D eigenvalue weighted by Crippen LogP contribution is 2.40. The first kappa shape index (κ1) is 16.8. The van der Waals surface area contributed by atoms with Crippen molar-refractivity contribution in [1.29, 1.82) is 0 Å². The number of hydrogen-bond acceptors (Lipinski definition) is 1. The first-order valence-corrected chi connectivity index (χ1v) is 10.4. The Kier molecular flexibility index (Phi) is 3.05. The van der Waals surface area contributed by atoms with E-state index >= 15 is 0 Å². The van der Waals surface area contributed by atoms with Gasteiger partial charge in [0.05, 0.1) is 12.4 Å². The van der Waals surface area contributed by atoms with Gasteiger partial charge in [0.1, 0.15) is 22.5 Å². The van der Waals surface area contributed by atoms with E-state index in [0.717, 1.165) is 38.5 Å². The van der Waals surface area contributed by atoms with Crippen molar-refractivity contribution < 1.29 is 13.4 Å². The molecule has 0 bridgehead atoms. The second-order valence-electron chi connectivity index (χ2n) is 8.26. The van der Waals surface area contributed by atoms with Crippen LogP contribution in [0.15, 0.2) is 77.2 Å². The van der Waals surface area contributed by atoms with Crippen LogP contribution in [0.2, 0.25) is 0 Å². The van der Waals surface area contributed by atoms with Crippen LogP contribution < -0.4 is 4.57 Å². The van der Waals surface area contributed by atoms with Crippen LogP contribution in [0.3, 0.4) is 0 Å². The minimum atomic E-state index is -0.286. The molecular weight excluding hydrogens is 387 g/mol. The highest BCUT2D eigenvalue weighted by molar-refractivity contribution is 6.21. The lowest BCUT2D eigenvalue weighted by molar-refractivity contribution is -0.617. The Hall–Kier alpha value is -3.92. The highest BCUT2D eigenvalue weighted by atomic mass is 19.1. The number of imidazole rings is 1. The van der Waals surface area contributed by atoms with E-state index in [1.165, 1.54) is 33.9 Å². The SMILES string of the molecule is Cc1c2c(cc3c4ccccc4n4c5ccccc5[n+](C)c4c13)oc1cc(F)ccc12. The van der Waals surface area contributed by atoms with Gasteiger partial charge in [0.2, 0.25) is 0 Å². The maximum absolute atomic E-state index is 13.9. The maximum atomic E-state index is 13.9. The molecule has 0 radical (unpaired) electrons. The van der Waals surface area contributed by atoms with Gasteiger partial charge in [-0.15, -0.1) is 0 Å². The van der Waals surface area contributed by atoms with Gasteiger partial charge in [-0.3, -0.25) is 0 Å².